The SMILES string of the molecule is CCCCC(CC)NC(C)c1ccco1. The van der Waals surface area contributed by atoms with Crippen LogP contribution in [0.5, 0.6) is 0 Å². The Labute approximate surface area is 93.1 Å². The maximum atomic E-state index is 5.38. The van der Waals surface area contributed by atoms with Crippen molar-refractivity contribution in [2.24, 2.45) is 0 Å². The van der Waals surface area contributed by atoms with Crippen LogP contribution in [0.3, 0.4) is 0 Å². The summed E-state index contributed by atoms with van der Waals surface area (Å²) < 4.78 is 5.38. The van der Waals surface area contributed by atoms with Gasteiger partial charge in [0.1, 0.15) is 5.76 Å². The minimum atomic E-state index is 0.321. The van der Waals surface area contributed by atoms with Crippen LogP contribution in [-0.4, -0.2) is 6.04 Å². The van der Waals surface area contributed by atoms with E-state index >= 15 is 0 Å². The van der Waals surface area contributed by atoms with E-state index in [4.69, 9.17) is 4.42 Å². The second kappa shape index (κ2) is 6.67. The fourth-order valence-electron chi connectivity index (χ4n) is 1.83. The van der Waals surface area contributed by atoms with Crippen LogP contribution in [0.25, 0.3) is 0 Å². The molecule has 0 fully saturated rings. The Balaban J connectivity index is 2.37. The van der Waals surface area contributed by atoms with E-state index < -0.39 is 0 Å². The quantitative estimate of drug-likeness (QED) is 0.736. The molecule has 1 aromatic heterocycles. The van der Waals surface area contributed by atoms with Gasteiger partial charge in [0.2, 0.25) is 0 Å². The molecule has 0 aliphatic rings. The van der Waals surface area contributed by atoms with Gasteiger partial charge in [-0.2, -0.15) is 0 Å². The van der Waals surface area contributed by atoms with Crippen molar-refractivity contribution in [1.82, 2.24) is 5.32 Å². The van der Waals surface area contributed by atoms with E-state index in [-0.39, 0.29) is 0 Å². The van der Waals surface area contributed by atoms with Crippen LogP contribution in [0.2, 0.25) is 0 Å². The van der Waals surface area contributed by atoms with Crippen molar-refractivity contribution >= 4 is 0 Å². The average molecular weight is 209 g/mol. The normalized spacial score (nSPS) is 15.1. The van der Waals surface area contributed by atoms with Gasteiger partial charge in [0.15, 0.2) is 0 Å². The molecule has 0 aliphatic carbocycles. The Kier molecular flexibility index (Phi) is 5.48. The highest BCUT2D eigenvalue weighted by molar-refractivity contribution is 5.03. The zero-order valence-electron chi connectivity index (χ0n) is 10.1. The summed E-state index contributed by atoms with van der Waals surface area (Å²) in [5.41, 5.74) is 0. The summed E-state index contributed by atoms with van der Waals surface area (Å²) in [4.78, 5) is 0. The third-order valence-corrected chi connectivity index (χ3v) is 2.85. The Bertz CT molecular complexity index is 243. The van der Waals surface area contributed by atoms with Gasteiger partial charge < -0.3 is 9.73 Å². The molecule has 2 nitrogen and oxygen atoms in total. The van der Waals surface area contributed by atoms with E-state index in [2.05, 4.69) is 26.1 Å². The highest BCUT2D eigenvalue weighted by atomic mass is 16.3. The molecule has 0 amide bonds. The minimum absolute atomic E-state index is 0.321. The standard InChI is InChI=1S/C13H23NO/c1-4-6-8-12(5-2)14-11(3)13-9-7-10-15-13/h7,9-12,14H,4-6,8H2,1-3H3. The molecule has 1 N–H and O–H groups in total. The highest BCUT2D eigenvalue weighted by Crippen LogP contribution is 2.15. The van der Waals surface area contributed by atoms with E-state index in [0.29, 0.717) is 12.1 Å². The molecule has 2 heteroatoms. The van der Waals surface area contributed by atoms with E-state index in [1.165, 1.54) is 25.7 Å². The molecule has 86 valence electrons. The van der Waals surface area contributed by atoms with Crippen LogP contribution >= 0.6 is 0 Å². The fraction of sp³-hybridized carbons (Fsp3) is 0.692. The lowest BCUT2D eigenvalue weighted by molar-refractivity contribution is 0.364. The molecule has 1 aromatic rings. The molecule has 2 atom stereocenters. The summed E-state index contributed by atoms with van der Waals surface area (Å²) in [5, 5.41) is 3.61. The maximum absolute atomic E-state index is 5.38. The zero-order valence-corrected chi connectivity index (χ0v) is 10.1. The van der Waals surface area contributed by atoms with Crippen LogP contribution in [0, 0.1) is 0 Å². The van der Waals surface area contributed by atoms with Crippen LogP contribution in [0.15, 0.2) is 22.8 Å². The van der Waals surface area contributed by atoms with Crippen molar-refractivity contribution in [2.45, 2.75) is 58.5 Å². The van der Waals surface area contributed by atoms with Gasteiger partial charge in [-0.25, -0.2) is 0 Å². The first-order valence-corrected chi connectivity index (χ1v) is 6.07. The highest BCUT2D eigenvalue weighted by Gasteiger charge is 2.12. The second-order valence-corrected chi connectivity index (χ2v) is 4.15. The van der Waals surface area contributed by atoms with Gasteiger partial charge in [-0.1, -0.05) is 26.7 Å². The Hall–Kier alpha value is -0.760. The fourth-order valence-corrected chi connectivity index (χ4v) is 1.83. The lowest BCUT2D eigenvalue weighted by Crippen LogP contribution is -2.30. The topological polar surface area (TPSA) is 25.2 Å². The zero-order chi connectivity index (χ0) is 11.1. The summed E-state index contributed by atoms with van der Waals surface area (Å²) >= 11 is 0. The summed E-state index contributed by atoms with van der Waals surface area (Å²) in [5.74, 6) is 1.03. The number of nitrogens with one attached hydrogen (secondary N) is 1. The van der Waals surface area contributed by atoms with Crippen molar-refractivity contribution in [3.63, 3.8) is 0 Å². The summed E-state index contributed by atoms with van der Waals surface area (Å²) in [6.07, 6.45) is 6.76. The van der Waals surface area contributed by atoms with Crippen LogP contribution in [0.4, 0.5) is 0 Å². The molecule has 0 bridgehead atoms. The van der Waals surface area contributed by atoms with Crippen molar-refractivity contribution in [3.05, 3.63) is 24.2 Å². The number of hydrogen-bond acceptors (Lipinski definition) is 2. The monoisotopic (exact) mass is 209 g/mol. The Morgan fingerprint density at radius 2 is 2.20 bits per heavy atom. The molecule has 0 saturated carbocycles. The first kappa shape index (κ1) is 12.3. The van der Waals surface area contributed by atoms with E-state index in [1.54, 1.807) is 6.26 Å². The van der Waals surface area contributed by atoms with Gasteiger partial charge >= 0.3 is 0 Å². The Morgan fingerprint density at radius 1 is 1.40 bits per heavy atom. The van der Waals surface area contributed by atoms with Crippen molar-refractivity contribution < 1.29 is 4.42 Å². The molecule has 0 aromatic carbocycles. The van der Waals surface area contributed by atoms with Gasteiger partial charge in [-0.3, -0.25) is 0 Å². The molecular weight excluding hydrogens is 186 g/mol. The summed E-state index contributed by atoms with van der Waals surface area (Å²) in [6.45, 7) is 6.64. The van der Waals surface area contributed by atoms with Crippen molar-refractivity contribution in [2.75, 3.05) is 0 Å². The molecule has 1 rings (SSSR count). The molecular formula is C13H23NO. The lowest BCUT2D eigenvalue weighted by Gasteiger charge is -2.20. The maximum Gasteiger partial charge on any atom is 0.120 e. The van der Waals surface area contributed by atoms with Gasteiger partial charge in [0, 0.05) is 6.04 Å². The number of unbranched alkanes of at least 4 members (excludes halogenated alkanes) is 1. The summed E-state index contributed by atoms with van der Waals surface area (Å²) in [6, 6.07) is 4.91. The van der Waals surface area contributed by atoms with E-state index in [1.807, 2.05) is 12.1 Å². The molecule has 2 unspecified atom stereocenters. The summed E-state index contributed by atoms with van der Waals surface area (Å²) in [7, 11) is 0. The van der Waals surface area contributed by atoms with Crippen LogP contribution in [0.1, 0.15) is 58.3 Å². The largest absolute Gasteiger partial charge is 0.468 e. The molecule has 15 heavy (non-hydrogen) atoms. The molecule has 0 spiro atoms. The van der Waals surface area contributed by atoms with Gasteiger partial charge in [0.25, 0.3) is 0 Å². The smallest absolute Gasteiger partial charge is 0.120 e. The van der Waals surface area contributed by atoms with Crippen LogP contribution in [-0.2, 0) is 0 Å². The molecule has 1 heterocycles. The van der Waals surface area contributed by atoms with Gasteiger partial charge in [-0.05, 0) is 31.9 Å². The average Bonchev–Trinajstić information content (AvgIpc) is 2.77. The van der Waals surface area contributed by atoms with Crippen molar-refractivity contribution in [1.29, 1.82) is 0 Å². The molecule has 0 radical (unpaired) electrons. The lowest BCUT2D eigenvalue weighted by atomic mass is 10.1. The third kappa shape index (κ3) is 4.08. The molecule has 0 saturated heterocycles. The number of furan rings is 1. The predicted octanol–water partition coefficient (Wildman–Crippen LogP) is 3.90. The van der Waals surface area contributed by atoms with E-state index in [0.717, 1.165) is 5.76 Å². The first-order chi connectivity index (χ1) is 7.27. The Morgan fingerprint density at radius 3 is 2.73 bits per heavy atom. The van der Waals surface area contributed by atoms with Crippen molar-refractivity contribution in [3.8, 4) is 0 Å². The third-order valence-electron chi connectivity index (χ3n) is 2.85. The number of rotatable bonds is 7. The predicted molar refractivity (Wildman–Crippen MR) is 63.9 cm³/mol. The van der Waals surface area contributed by atoms with Crippen LogP contribution < -0.4 is 5.32 Å². The number of hydrogen-bond donors (Lipinski definition) is 1. The van der Waals surface area contributed by atoms with E-state index in [9.17, 15) is 0 Å². The minimum Gasteiger partial charge on any atom is -0.468 e. The second-order valence-electron chi connectivity index (χ2n) is 4.15. The van der Waals surface area contributed by atoms with Gasteiger partial charge in [0.05, 0.1) is 12.3 Å². The van der Waals surface area contributed by atoms with Gasteiger partial charge in [-0.15, -0.1) is 0 Å². The molecule has 0 aliphatic heterocycles. The first-order valence-electron chi connectivity index (χ1n) is 6.07.